The number of nitrogens with one attached hydrogen (secondary N) is 1. The van der Waals surface area contributed by atoms with Crippen molar-refractivity contribution >= 4 is 12.3 Å². The van der Waals surface area contributed by atoms with Gasteiger partial charge in [0.05, 0.1) is 0 Å². The standard InChI is InChI=1S/C17H30N4O2/c1-2-19-5-7-20(8-6-19)4-3-17(23)21-11-14-9-16(18-13-22)10-15(14)12-21/h13-16H,2-12H2,1H3,(H,18,22). The summed E-state index contributed by atoms with van der Waals surface area (Å²) < 4.78 is 0. The molecular weight excluding hydrogens is 292 g/mol. The quantitative estimate of drug-likeness (QED) is 0.699. The number of hydrogen-bond donors (Lipinski definition) is 1. The average molecular weight is 322 g/mol. The summed E-state index contributed by atoms with van der Waals surface area (Å²) in [7, 11) is 0. The monoisotopic (exact) mass is 322 g/mol. The van der Waals surface area contributed by atoms with E-state index in [1.165, 1.54) is 0 Å². The fourth-order valence-corrected chi connectivity index (χ4v) is 4.48. The Hall–Kier alpha value is -1.14. The lowest BCUT2D eigenvalue weighted by atomic mass is 10.0. The summed E-state index contributed by atoms with van der Waals surface area (Å²) >= 11 is 0. The van der Waals surface area contributed by atoms with Gasteiger partial charge in [-0.15, -0.1) is 0 Å². The summed E-state index contributed by atoms with van der Waals surface area (Å²) in [5, 5.41) is 2.90. The molecule has 2 atom stereocenters. The molecule has 0 aromatic heterocycles. The van der Waals surface area contributed by atoms with Crippen molar-refractivity contribution in [2.75, 3.05) is 52.4 Å². The van der Waals surface area contributed by atoms with Crippen molar-refractivity contribution < 1.29 is 9.59 Å². The van der Waals surface area contributed by atoms with E-state index >= 15 is 0 Å². The maximum absolute atomic E-state index is 12.5. The predicted octanol–water partition coefficient (Wildman–Crippen LogP) is -0.00300. The summed E-state index contributed by atoms with van der Waals surface area (Å²) in [6.07, 6.45) is 3.53. The lowest BCUT2D eigenvalue weighted by Crippen LogP contribution is -2.47. The maximum Gasteiger partial charge on any atom is 0.223 e. The topological polar surface area (TPSA) is 55.9 Å². The summed E-state index contributed by atoms with van der Waals surface area (Å²) in [5.74, 6) is 1.49. The molecule has 6 heteroatoms. The second-order valence-corrected chi connectivity index (χ2v) is 7.30. The average Bonchev–Trinajstić information content (AvgIpc) is 3.12. The molecule has 0 bridgehead atoms. The Labute approximate surface area is 139 Å². The minimum absolute atomic E-state index is 0.317. The number of likely N-dealkylation sites (tertiary alicyclic amines) is 1. The molecule has 0 aromatic rings. The first-order valence-electron chi connectivity index (χ1n) is 9.11. The third kappa shape index (κ3) is 4.04. The molecule has 2 amide bonds. The number of piperazine rings is 1. The van der Waals surface area contributed by atoms with Gasteiger partial charge in [0.1, 0.15) is 0 Å². The Morgan fingerprint density at radius 3 is 2.26 bits per heavy atom. The first-order valence-corrected chi connectivity index (χ1v) is 9.11. The van der Waals surface area contributed by atoms with E-state index < -0.39 is 0 Å². The lowest BCUT2D eigenvalue weighted by Gasteiger charge is -2.34. The molecule has 0 spiro atoms. The summed E-state index contributed by atoms with van der Waals surface area (Å²) in [6.45, 7) is 10.5. The van der Waals surface area contributed by atoms with Gasteiger partial charge in [0.15, 0.2) is 0 Å². The van der Waals surface area contributed by atoms with Crippen LogP contribution >= 0.6 is 0 Å². The lowest BCUT2D eigenvalue weighted by molar-refractivity contribution is -0.131. The van der Waals surface area contributed by atoms with Crippen LogP contribution in [0.15, 0.2) is 0 Å². The second kappa shape index (κ2) is 7.62. The molecule has 130 valence electrons. The zero-order valence-corrected chi connectivity index (χ0v) is 14.2. The van der Waals surface area contributed by atoms with Gasteiger partial charge in [-0.05, 0) is 31.2 Å². The van der Waals surface area contributed by atoms with E-state index in [4.69, 9.17) is 0 Å². The van der Waals surface area contributed by atoms with Gasteiger partial charge in [0.2, 0.25) is 12.3 Å². The van der Waals surface area contributed by atoms with Gasteiger partial charge in [-0.25, -0.2) is 0 Å². The molecule has 6 nitrogen and oxygen atoms in total. The third-order valence-corrected chi connectivity index (χ3v) is 5.96. The van der Waals surface area contributed by atoms with Crippen molar-refractivity contribution in [3.8, 4) is 0 Å². The van der Waals surface area contributed by atoms with Crippen LogP contribution in [0.5, 0.6) is 0 Å². The van der Waals surface area contributed by atoms with Crippen LogP contribution in [0.25, 0.3) is 0 Å². The van der Waals surface area contributed by atoms with Crippen molar-refractivity contribution in [2.24, 2.45) is 11.8 Å². The molecule has 1 aliphatic carbocycles. The molecule has 1 N–H and O–H groups in total. The van der Waals surface area contributed by atoms with Crippen LogP contribution in [0.4, 0.5) is 0 Å². The van der Waals surface area contributed by atoms with Crippen LogP contribution in [-0.4, -0.2) is 85.4 Å². The molecule has 3 aliphatic rings. The number of nitrogens with zero attached hydrogens (tertiary/aromatic N) is 3. The number of carbonyl (C=O) groups is 2. The minimum Gasteiger partial charge on any atom is -0.356 e. The second-order valence-electron chi connectivity index (χ2n) is 7.30. The molecule has 2 saturated heterocycles. The Bertz CT molecular complexity index is 409. The smallest absolute Gasteiger partial charge is 0.223 e. The third-order valence-electron chi connectivity index (χ3n) is 5.96. The van der Waals surface area contributed by atoms with E-state index in [2.05, 4.69) is 26.9 Å². The first kappa shape index (κ1) is 16.7. The fraction of sp³-hybridized carbons (Fsp3) is 0.882. The highest BCUT2D eigenvalue weighted by Gasteiger charge is 2.42. The number of fused-ring (bicyclic) bond motifs is 1. The number of amides is 2. The van der Waals surface area contributed by atoms with Crippen LogP contribution in [0.2, 0.25) is 0 Å². The van der Waals surface area contributed by atoms with E-state index in [0.29, 0.717) is 30.2 Å². The number of hydrogen-bond acceptors (Lipinski definition) is 4. The molecule has 3 rings (SSSR count). The van der Waals surface area contributed by atoms with Gasteiger partial charge < -0.3 is 20.0 Å². The molecule has 2 unspecified atom stereocenters. The number of likely N-dealkylation sites (N-methyl/N-ethyl adjacent to an activating group) is 1. The molecule has 2 aliphatic heterocycles. The molecule has 1 saturated carbocycles. The minimum atomic E-state index is 0.317. The van der Waals surface area contributed by atoms with Gasteiger partial charge >= 0.3 is 0 Å². The van der Waals surface area contributed by atoms with Crippen LogP contribution in [-0.2, 0) is 9.59 Å². The van der Waals surface area contributed by atoms with Gasteiger partial charge in [-0.3, -0.25) is 9.59 Å². The highest BCUT2D eigenvalue weighted by atomic mass is 16.2. The van der Waals surface area contributed by atoms with Crippen LogP contribution in [0, 0.1) is 11.8 Å². The van der Waals surface area contributed by atoms with Crippen molar-refractivity contribution in [1.82, 2.24) is 20.0 Å². The van der Waals surface area contributed by atoms with Crippen LogP contribution in [0.3, 0.4) is 0 Å². The SMILES string of the molecule is CCN1CCN(CCC(=O)N2CC3CC(NC=O)CC3C2)CC1. The summed E-state index contributed by atoms with van der Waals surface area (Å²) in [6, 6.07) is 0.328. The van der Waals surface area contributed by atoms with Crippen molar-refractivity contribution in [3.05, 3.63) is 0 Å². The highest BCUT2D eigenvalue weighted by molar-refractivity contribution is 5.76. The van der Waals surface area contributed by atoms with E-state index in [9.17, 15) is 9.59 Å². The van der Waals surface area contributed by atoms with E-state index in [-0.39, 0.29) is 0 Å². The number of carbonyl (C=O) groups excluding carboxylic acids is 2. The predicted molar refractivity (Wildman–Crippen MR) is 89.0 cm³/mol. The maximum atomic E-state index is 12.5. The molecule has 2 heterocycles. The Balaban J connectivity index is 1.37. The largest absolute Gasteiger partial charge is 0.356 e. The van der Waals surface area contributed by atoms with Crippen molar-refractivity contribution in [1.29, 1.82) is 0 Å². The summed E-state index contributed by atoms with van der Waals surface area (Å²) in [4.78, 5) is 30.0. The fourth-order valence-electron chi connectivity index (χ4n) is 4.48. The molecule has 0 aromatic carbocycles. The Morgan fingerprint density at radius 2 is 1.70 bits per heavy atom. The first-order chi connectivity index (χ1) is 11.2. The number of rotatable bonds is 6. The van der Waals surface area contributed by atoms with Gasteiger partial charge in [0, 0.05) is 58.3 Å². The van der Waals surface area contributed by atoms with E-state index in [1.807, 2.05) is 0 Å². The van der Waals surface area contributed by atoms with Crippen molar-refractivity contribution in [3.63, 3.8) is 0 Å². The van der Waals surface area contributed by atoms with Crippen LogP contribution < -0.4 is 5.32 Å². The zero-order chi connectivity index (χ0) is 16.2. The Kier molecular flexibility index (Phi) is 5.54. The van der Waals surface area contributed by atoms with Gasteiger partial charge in [-0.1, -0.05) is 6.92 Å². The van der Waals surface area contributed by atoms with Crippen LogP contribution in [0.1, 0.15) is 26.2 Å². The van der Waals surface area contributed by atoms with Gasteiger partial charge in [-0.2, -0.15) is 0 Å². The van der Waals surface area contributed by atoms with Gasteiger partial charge in [0.25, 0.3) is 0 Å². The van der Waals surface area contributed by atoms with Crippen molar-refractivity contribution in [2.45, 2.75) is 32.2 Å². The van der Waals surface area contributed by atoms with E-state index in [1.54, 1.807) is 0 Å². The summed E-state index contributed by atoms with van der Waals surface area (Å²) in [5.41, 5.74) is 0. The molecular formula is C17H30N4O2. The normalized spacial score (nSPS) is 32.0. The molecule has 23 heavy (non-hydrogen) atoms. The Morgan fingerprint density at radius 1 is 1.09 bits per heavy atom. The zero-order valence-electron chi connectivity index (χ0n) is 14.2. The highest BCUT2D eigenvalue weighted by Crippen LogP contribution is 2.38. The molecule has 3 fully saturated rings. The van der Waals surface area contributed by atoms with E-state index in [0.717, 1.165) is 71.6 Å². The molecule has 0 radical (unpaired) electrons.